The molecule has 0 radical (unpaired) electrons. The molecule has 0 bridgehead atoms. The Balaban J connectivity index is 1.45. The van der Waals surface area contributed by atoms with Gasteiger partial charge in [-0.3, -0.25) is 9.80 Å². The van der Waals surface area contributed by atoms with E-state index in [1.165, 1.54) is 5.01 Å². The smallest absolute Gasteiger partial charge is 0.328 e. The van der Waals surface area contributed by atoms with E-state index in [4.69, 9.17) is 0 Å². The van der Waals surface area contributed by atoms with E-state index < -0.39 is 12.0 Å². The molecule has 1 amide bonds. The third-order valence-electron chi connectivity index (χ3n) is 5.60. The van der Waals surface area contributed by atoms with Crippen molar-refractivity contribution in [2.24, 2.45) is 5.10 Å². The Morgan fingerprint density at radius 3 is 2.55 bits per heavy atom. The standard InChI is InChI=1S/C20H24N6O3/c1-2-24-13-21-22-18(24)14-8-10-25(11-9-14)19(27)16-12-17(20(28)29)26(23-16)15-6-4-3-5-7-15/h3-7,13-14,17H,2,8-12H2,1H3,(H,28,29). The monoisotopic (exact) mass is 396 g/mol. The van der Waals surface area contributed by atoms with Gasteiger partial charge in [0.25, 0.3) is 5.91 Å². The van der Waals surface area contributed by atoms with Crippen molar-refractivity contribution in [2.45, 2.75) is 44.7 Å². The molecule has 9 nitrogen and oxygen atoms in total. The van der Waals surface area contributed by atoms with Gasteiger partial charge in [0.15, 0.2) is 6.04 Å². The van der Waals surface area contributed by atoms with Gasteiger partial charge in [-0.25, -0.2) is 4.79 Å². The fourth-order valence-electron chi connectivity index (χ4n) is 4.00. The van der Waals surface area contributed by atoms with Gasteiger partial charge in [0, 0.05) is 32.0 Å². The number of benzene rings is 1. The summed E-state index contributed by atoms with van der Waals surface area (Å²) in [6.07, 6.45) is 3.46. The number of nitrogens with zero attached hydrogens (tertiary/aromatic N) is 6. The third kappa shape index (κ3) is 3.72. The van der Waals surface area contributed by atoms with Crippen LogP contribution in [0.1, 0.15) is 37.9 Å². The molecule has 3 heterocycles. The van der Waals surface area contributed by atoms with Crippen LogP contribution in [0.2, 0.25) is 0 Å². The number of piperidine rings is 1. The number of amides is 1. The molecule has 0 saturated carbocycles. The molecule has 2 aliphatic rings. The Bertz CT molecular complexity index is 917. The number of carboxylic acids is 1. The lowest BCUT2D eigenvalue weighted by molar-refractivity contribution is -0.138. The summed E-state index contributed by atoms with van der Waals surface area (Å²) >= 11 is 0. The summed E-state index contributed by atoms with van der Waals surface area (Å²) < 4.78 is 2.04. The number of carboxylic acid groups (broad SMARTS) is 1. The number of hydrogen-bond acceptors (Lipinski definition) is 6. The SMILES string of the molecule is CCn1cnnc1C1CCN(C(=O)C2=NN(c3ccccc3)C(C(=O)O)C2)CC1. The predicted molar refractivity (Wildman–Crippen MR) is 107 cm³/mol. The largest absolute Gasteiger partial charge is 0.480 e. The van der Waals surface area contributed by atoms with Crippen molar-refractivity contribution in [3.8, 4) is 0 Å². The van der Waals surface area contributed by atoms with Crippen molar-refractivity contribution in [2.75, 3.05) is 18.1 Å². The summed E-state index contributed by atoms with van der Waals surface area (Å²) in [6, 6.07) is 8.23. The molecule has 1 atom stereocenters. The minimum absolute atomic E-state index is 0.104. The summed E-state index contributed by atoms with van der Waals surface area (Å²) in [4.78, 5) is 26.5. The number of aliphatic carboxylic acids is 1. The van der Waals surface area contributed by atoms with Crippen LogP contribution >= 0.6 is 0 Å². The Labute approximate surface area is 168 Å². The van der Waals surface area contributed by atoms with E-state index in [9.17, 15) is 14.7 Å². The molecule has 0 spiro atoms. The molecule has 1 saturated heterocycles. The van der Waals surface area contributed by atoms with Crippen molar-refractivity contribution in [3.63, 3.8) is 0 Å². The molecule has 2 aromatic rings. The minimum Gasteiger partial charge on any atom is -0.480 e. The minimum atomic E-state index is -0.988. The van der Waals surface area contributed by atoms with Gasteiger partial charge in [-0.2, -0.15) is 5.10 Å². The average Bonchev–Trinajstić information content (AvgIpc) is 3.41. The molecular formula is C20H24N6O3. The van der Waals surface area contributed by atoms with Crippen LogP contribution in [0.25, 0.3) is 0 Å². The number of aromatic nitrogens is 3. The molecule has 0 aliphatic carbocycles. The lowest BCUT2D eigenvalue weighted by Gasteiger charge is -2.31. The lowest BCUT2D eigenvalue weighted by atomic mass is 9.95. The number of rotatable bonds is 5. The third-order valence-corrected chi connectivity index (χ3v) is 5.60. The van der Waals surface area contributed by atoms with Gasteiger partial charge in [-0.05, 0) is 31.9 Å². The molecular weight excluding hydrogens is 372 g/mol. The van der Waals surface area contributed by atoms with E-state index >= 15 is 0 Å². The first-order valence-electron chi connectivity index (χ1n) is 9.90. The highest BCUT2D eigenvalue weighted by atomic mass is 16.4. The molecule has 1 fully saturated rings. The van der Waals surface area contributed by atoms with E-state index in [1.54, 1.807) is 23.4 Å². The number of hydrazone groups is 1. The fourth-order valence-corrected chi connectivity index (χ4v) is 4.00. The lowest BCUT2D eigenvalue weighted by Crippen LogP contribution is -2.42. The van der Waals surface area contributed by atoms with Crippen molar-refractivity contribution >= 4 is 23.3 Å². The summed E-state index contributed by atoms with van der Waals surface area (Å²) in [5, 5.41) is 23.7. The second-order valence-electron chi connectivity index (χ2n) is 7.33. The zero-order chi connectivity index (χ0) is 20.4. The second-order valence-corrected chi connectivity index (χ2v) is 7.33. The number of hydrogen-bond donors (Lipinski definition) is 1. The number of carbonyl (C=O) groups is 2. The van der Waals surface area contributed by atoms with Crippen LogP contribution in [-0.2, 0) is 16.1 Å². The zero-order valence-electron chi connectivity index (χ0n) is 16.3. The molecule has 4 rings (SSSR count). The maximum Gasteiger partial charge on any atom is 0.328 e. The van der Waals surface area contributed by atoms with E-state index in [-0.39, 0.29) is 18.2 Å². The normalized spacial score (nSPS) is 20.0. The highest BCUT2D eigenvalue weighted by Crippen LogP contribution is 2.29. The van der Waals surface area contributed by atoms with Crippen LogP contribution in [0, 0.1) is 0 Å². The average molecular weight is 396 g/mol. The summed E-state index contributed by atoms with van der Waals surface area (Å²) in [5.41, 5.74) is 0.969. The van der Waals surface area contributed by atoms with Crippen LogP contribution in [0.15, 0.2) is 41.8 Å². The number of carbonyl (C=O) groups excluding carboxylic acids is 1. The Kier molecular flexibility index (Phi) is 5.28. The summed E-state index contributed by atoms with van der Waals surface area (Å²) in [7, 11) is 0. The van der Waals surface area contributed by atoms with Crippen LogP contribution in [-0.4, -0.2) is 61.5 Å². The Hall–Kier alpha value is -3.23. The zero-order valence-corrected chi connectivity index (χ0v) is 16.3. The van der Waals surface area contributed by atoms with Crippen molar-refractivity contribution in [3.05, 3.63) is 42.5 Å². The van der Waals surface area contributed by atoms with Gasteiger partial charge in [0.05, 0.1) is 5.69 Å². The van der Waals surface area contributed by atoms with Gasteiger partial charge in [-0.1, -0.05) is 18.2 Å². The number of anilines is 1. The van der Waals surface area contributed by atoms with Gasteiger partial charge in [-0.15, -0.1) is 10.2 Å². The fraction of sp³-hybridized carbons (Fsp3) is 0.450. The van der Waals surface area contributed by atoms with Crippen molar-refractivity contribution < 1.29 is 14.7 Å². The van der Waals surface area contributed by atoms with Gasteiger partial charge in [0.1, 0.15) is 17.9 Å². The molecule has 9 heteroatoms. The van der Waals surface area contributed by atoms with Crippen LogP contribution in [0.4, 0.5) is 5.69 Å². The van der Waals surface area contributed by atoms with Crippen molar-refractivity contribution in [1.29, 1.82) is 0 Å². The predicted octanol–water partition coefficient (Wildman–Crippen LogP) is 1.72. The molecule has 152 valence electrons. The highest BCUT2D eigenvalue weighted by Gasteiger charge is 2.38. The maximum atomic E-state index is 13.0. The summed E-state index contributed by atoms with van der Waals surface area (Å²) in [5.74, 6) is 0.0849. The topological polar surface area (TPSA) is 104 Å². The first kappa shape index (κ1) is 19.1. The number of likely N-dealkylation sites (tertiary alicyclic amines) is 1. The second kappa shape index (κ2) is 8.02. The number of aryl methyl sites for hydroxylation is 1. The van der Waals surface area contributed by atoms with Gasteiger partial charge in [0.2, 0.25) is 0 Å². The van der Waals surface area contributed by atoms with Crippen molar-refractivity contribution in [1.82, 2.24) is 19.7 Å². The van der Waals surface area contributed by atoms with Crippen LogP contribution in [0.3, 0.4) is 0 Å². The van der Waals surface area contributed by atoms with E-state index in [0.29, 0.717) is 24.5 Å². The van der Waals surface area contributed by atoms with E-state index in [2.05, 4.69) is 22.2 Å². The highest BCUT2D eigenvalue weighted by molar-refractivity contribution is 6.40. The van der Waals surface area contributed by atoms with Crippen LogP contribution < -0.4 is 5.01 Å². The molecule has 1 aromatic carbocycles. The first-order chi connectivity index (χ1) is 14.1. The van der Waals surface area contributed by atoms with Crippen LogP contribution in [0.5, 0.6) is 0 Å². The first-order valence-corrected chi connectivity index (χ1v) is 9.90. The summed E-state index contributed by atoms with van der Waals surface area (Å²) in [6.45, 7) is 4.08. The molecule has 29 heavy (non-hydrogen) atoms. The molecule has 1 unspecified atom stereocenters. The van der Waals surface area contributed by atoms with Gasteiger partial charge < -0.3 is 14.6 Å². The van der Waals surface area contributed by atoms with Gasteiger partial charge >= 0.3 is 5.97 Å². The van der Waals surface area contributed by atoms with E-state index in [1.807, 2.05) is 22.8 Å². The molecule has 2 aliphatic heterocycles. The van der Waals surface area contributed by atoms with E-state index in [0.717, 1.165) is 25.2 Å². The number of para-hydroxylation sites is 1. The Morgan fingerprint density at radius 2 is 1.90 bits per heavy atom. The Morgan fingerprint density at radius 1 is 1.17 bits per heavy atom. The quantitative estimate of drug-likeness (QED) is 0.825. The molecule has 1 aromatic heterocycles. The molecule has 1 N–H and O–H groups in total. The maximum absolute atomic E-state index is 13.0.